The van der Waals surface area contributed by atoms with Gasteiger partial charge in [-0.05, 0) is 23.3 Å². The normalized spacial score (nSPS) is 22.3. The van der Waals surface area contributed by atoms with Gasteiger partial charge in [0.15, 0.2) is 17.5 Å². The molecule has 0 aromatic heterocycles. The molecule has 1 atom stereocenters. The lowest BCUT2D eigenvalue weighted by atomic mass is 10.0. The van der Waals surface area contributed by atoms with E-state index < -0.39 is 23.8 Å². The summed E-state index contributed by atoms with van der Waals surface area (Å²) < 4.78 is 65.4. The third-order valence-electron chi connectivity index (χ3n) is 5.33. The summed E-state index contributed by atoms with van der Waals surface area (Å²) in [4.78, 5) is 15.2. The van der Waals surface area contributed by atoms with E-state index in [0.29, 0.717) is 30.9 Å². The molecule has 0 bridgehead atoms. The maximum Gasteiger partial charge on any atom is 0.406 e. The quantitative estimate of drug-likeness (QED) is 0.675. The van der Waals surface area contributed by atoms with Crippen molar-refractivity contribution in [2.24, 2.45) is 16.1 Å². The zero-order chi connectivity index (χ0) is 21.3. The molecular weight excluding hydrogens is 408 g/mol. The topological polar surface area (TPSA) is 66.7 Å². The second-order valence-corrected chi connectivity index (χ2v) is 7.29. The number of hydrogen-bond acceptors (Lipinski definition) is 6. The third kappa shape index (κ3) is 4.31. The summed E-state index contributed by atoms with van der Waals surface area (Å²) in [7, 11) is 0. The summed E-state index contributed by atoms with van der Waals surface area (Å²) in [6.07, 6.45) is -3.84. The van der Waals surface area contributed by atoms with Gasteiger partial charge in [0.1, 0.15) is 6.61 Å². The zero-order valence-corrected chi connectivity index (χ0v) is 16.0. The maximum atomic E-state index is 14.4. The van der Waals surface area contributed by atoms with Crippen molar-refractivity contribution >= 4 is 5.91 Å². The minimum Gasteiger partial charge on any atom is -0.489 e. The van der Waals surface area contributed by atoms with Crippen molar-refractivity contribution in [2.75, 3.05) is 39.5 Å². The molecule has 30 heavy (non-hydrogen) atoms. The molecule has 1 aromatic rings. The van der Waals surface area contributed by atoms with Crippen LogP contribution in [-0.2, 0) is 22.6 Å². The summed E-state index contributed by atoms with van der Waals surface area (Å²) in [6, 6.07) is 2.79. The lowest BCUT2D eigenvalue weighted by molar-refractivity contribution is -0.177. The van der Waals surface area contributed by atoms with Gasteiger partial charge in [0.25, 0.3) is 5.91 Å². The van der Waals surface area contributed by atoms with Crippen molar-refractivity contribution in [3.05, 3.63) is 41.0 Å². The fraction of sp³-hybridized carbons (Fsp3) is 0.526. The minimum atomic E-state index is -4.78. The van der Waals surface area contributed by atoms with Gasteiger partial charge in [0.2, 0.25) is 0 Å². The first-order valence-electron chi connectivity index (χ1n) is 9.53. The average molecular weight is 428 g/mol. The standard InChI is InChI=1S/C19H20F4N4O3/c20-14-7-12-10-27(15-9-24-25-18(28)17(15)19(21,22)23)11-13(12)8-16(14)30-6-3-26-1-4-29-5-2-26/h7-9,17H,1-6,10-11H2. The molecule has 3 aliphatic heterocycles. The third-order valence-corrected chi connectivity index (χ3v) is 5.33. The summed E-state index contributed by atoms with van der Waals surface area (Å²) in [5.41, 5.74) is 0.910. The molecule has 0 spiro atoms. The van der Waals surface area contributed by atoms with Gasteiger partial charge in [0.05, 0.1) is 25.1 Å². The number of rotatable bonds is 5. The van der Waals surface area contributed by atoms with Crippen LogP contribution in [0.1, 0.15) is 11.1 Å². The Morgan fingerprint density at radius 3 is 2.57 bits per heavy atom. The van der Waals surface area contributed by atoms with Crippen LogP contribution in [0.2, 0.25) is 0 Å². The second-order valence-electron chi connectivity index (χ2n) is 7.29. The average Bonchev–Trinajstić information content (AvgIpc) is 3.10. The molecule has 1 unspecified atom stereocenters. The van der Waals surface area contributed by atoms with Crippen molar-refractivity contribution in [3.8, 4) is 5.75 Å². The van der Waals surface area contributed by atoms with Crippen LogP contribution in [0, 0.1) is 11.7 Å². The maximum absolute atomic E-state index is 14.4. The number of carbonyl (C=O) groups is 1. The highest BCUT2D eigenvalue weighted by Crippen LogP contribution is 2.40. The number of benzene rings is 1. The number of fused-ring (bicyclic) bond motifs is 1. The molecule has 3 heterocycles. The molecule has 4 rings (SSSR count). The van der Waals surface area contributed by atoms with Gasteiger partial charge in [-0.25, -0.2) is 4.39 Å². The Kier molecular flexibility index (Phi) is 5.74. The van der Waals surface area contributed by atoms with Gasteiger partial charge in [-0.1, -0.05) is 0 Å². The Hall–Kier alpha value is -2.53. The Morgan fingerprint density at radius 1 is 1.17 bits per heavy atom. The van der Waals surface area contributed by atoms with Crippen LogP contribution >= 0.6 is 0 Å². The number of ether oxygens (including phenoxy) is 2. The number of hydrogen-bond donors (Lipinski definition) is 0. The Bertz CT molecular complexity index is 881. The molecule has 1 amide bonds. The van der Waals surface area contributed by atoms with Crippen LogP contribution in [0.4, 0.5) is 17.6 Å². The Morgan fingerprint density at radius 2 is 1.87 bits per heavy atom. The van der Waals surface area contributed by atoms with Crippen LogP contribution in [0.3, 0.4) is 0 Å². The number of nitrogens with zero attached hydrogens (tertiary/aromatic N) is 4. The summed E-state index contributed by atoms with van der Waals surface area (Å²) in [5.74, 6) is -4.23. The first-order valence-corrected chi connectivity index (χ1v) is 9.53. The molecule has 0 saturated carbocycles. The highest BCUT2D eigenvalue weighted by molar-refractivity contribution is 5.83. The van der Waals surface area contributed by atoms with Crippen molar-refractivity contribution in [1.82, 2.24) is 9.80 Å². The smallest absolute Gasteiger partial charge is 0.406 e. The van der Waals surface area contributed by atoms with E-state index in [1.807, 2.05) is 0 Å². The van der Waals surface area contributed by atoms with Crippen molar-refractivity contribution in [2.45, 2.75) is 19.3 Å². The molecule has 1 aromatic carbocycles. The SMILES string of the molecule is O=C1N=NC=C(N2Cc3cc(F)c(OCCN4CCOCC4)cc3C2)C1C(F)(F)F. The molecule has 1 fully saturated rings. The first kappa shape index (κ1) is 20.7. The van der Waals surface area contributed by atoms with Crippen LogP contribution in [0.5, 0.6) is 5.75 Å². The number of alkyl halides is 3. The number of morpholine rings is 1. The summed E-state index contributed by atoms with van der Waals surface area (Å²) >= 11 is 0. The van der Waals surface area contributed by atoms with E-state index in [0.717, 1.165) is 19.3 Å². The van der Waals surface area contributed by atoms with E-state index in [4.69, 9.17) is 9.47 Å². The van der Waals surface area contributed by atoms with Gasteiger partial charge in [-0.15, -0.1) is 5.11 Å². The van der Waals surface area contributed by atoms with Crippen LogP contribution in [0.25, 0.3) is 0 Å². The molecule has 11 heteroatoms. The molecule has 3 aliphatic rings. The highest BCUT2D eigenvalue weighted by atomic mass is 19.4. The van der Waals surface area contributed by atoms with E-state index >= 15 is 0 Å². The van der Waals surface area contributed by atoms with Gasteiger partial charge in [-0.2, -0.15) is 18.3 Å². The Balaban J connectivity index is 1.44. The molecule has 7 nitrogen and oxygen atoms in total. The summed E-state index contributed by atoms with van der Waals surface area (Å²) in [5, 5.41) is 6.41. The second kappa shape index (κ2) is 8.31. The molecule has 1 saturated heterocycles. The number of halogens is 4. The van der Waals surface area contributed by atoms with Gasteiger partial charge in [0, 0.05) is 32.7 Å². The van der Waals surface area contributed by atoms with Gasteiger partial charge >= 0.3 is 6.18 Å². The van der Waals surface area contributed by atoms with E-state index in [-0.39, 0.29) is 31.1 Å². The predicted molar refractivity (Wildman–Crippen MR) is 95.9 cm³/mol. The molecule has 0 radical (unpaired) electrons. The van der Waals surface area contributed by atoms with E-state index in [1.165, 1.54) is 17.0 Å². The van der Waals surface area contributed by atoms with E-state index in [1.54, 1.807) is 0 Å². The van der Waals surface area contributed by atoms with Crippen molar-refractivity contribution < 1.29 is 31.8 Å². The zero-order valence-electron chi connectivity index (χ0n) is 16.0. The Labute approximate surface area is 169 Å². The van der Waals surface area contributed by atoms with E-state index in [2.05, 4.69) is 15.1 Å². The van der Waals surface area contributed by atoms with E-state index in [9.17, 15) is 22.4 Å². The highest BCUT2D eigenvalue weighted by Gasteiger charge is 2.50. The first-order chi connectivity index (χ1) is 14.3. The lowest BCUT2D eigenvalue weighted by Gasteiger charge is -2.28. The van der Waals surface area contributed by atoms with Crippen LogP contribution < -0.4 is 4.74 Å². The van der Waals surface area contributed by atoms with Crippen LogP contribution in [0.15, 0.2) is 34.3 Å². The molecule has 162 valence electrons. The fourth-order valence-corrected chi connectivity index (χ4v) is 3.78. The predicted octanol–water partition coefficient (Wildman–Crippen LogP) is 2.86. The molecule has 0 aliphatic carbocycles. The fourth-order valence-electron chi connectivity index (χ4n) is 3.78. The van der Waals surface area contributed by atoms with Crippen molar-refractivity contribution in [1.29, 1.82) is 0 Å². The van der Waals surface area contributed by atoms with Gasteiger partial charge in [-0.3, -0.25) is 9.69 Å². The van der Waals surface area contributed by atoms with Crippen LogP contribution in [-0.4, -0.2) is 61.3 Å². The lowest BCUT2D eigenvalue weighted by Crippen LogP contribution is -2.38. The minimum absolute atomic E-state index is 0.0432. The largest absolute Gasteiger partial charge is 0.489 e. The number of azo groups is 1. The summed E-state index contributed by atoms with van der Waals surface area (Å²) in [6.45, 7) is 3.93. The number of carbonyl (C=O) groups excluding carboxylic acids is 1. The molecular formula is C19H20F4N4O3. The molecule has 0 N–H and O–H groups in total. The number of amides is 1. The monoisotopic (exact) mass is 428 g/mol. The van der Waals surface area contributed by atoms with Crippen molar-refractivity contribution in [3.63, 3.8) is 0 Å². The van der Waals surface area contributed by atoms with Gasteiger partial charge < -0.3 is 14.4 Å².